The zero-order valence-electron chi connectivity index (χ0n) is 20.5. The van der Waals surface area contributed by atoms with Crippen LogP contribution in [-0.2, 0) is 21.5 Å². The molecule has 2 amide bonds. The van der Waals surface area contributed by atoms with Crippen LogP contribution in [0.15, 0.2) is 40.9 Å². The summed E-state index contributed by atoms with van der Waals surface area (Å²) in [5.41, 5.74) is 1.71. The average molecular weight is 572 g/mol. The molecule has 0 heterocycles. The van der Waals surface area contributed by atoms with E-state index in [-0.39, 0.29) is 36.4 Å². The molecule has 0 aromatic heterocycles. The van der Waals surface area contributed by atoms with Crippen LogP contribution in [0.5, 0.6) is 5.75 Å². The quantitative estimate of drug-likeness (QED) is 0.361. The minimum absolute atomic E-state index is 0.00987. The number of hydrogen-bond acceptors (Lipinski definition) is 3. The van der Waals surface area contributed by atoms with Gasteiger partial charge in [0, 0.05) is 28.2 Å². The Morgan fingerprint density at radius 1 is 1.12 bits per heavy atom. The van der Waals surface area contributed by atoms with E-state index in [0.717, 1.165) is 16.5 Å². The molecule has 5 nitrogen and oxygen atoms in total. The highest BCUT2D eigenvalue weighted by Crippen LogP contribution is 2.32. The SMILES string of the molecule is CC[C@@H](C)NC(=O)[C@H](C)N(Cc1c(Cl)cccc1Cl)C(=O)COc1ccc(C(C)(C)C)cc1Br. The van der Waals surface area contributed by atoms with Gasteiger partial charge in [0.05, 0.1) is 4.47 Å². The minimum Gasteiger partial charge on any atom is -0.483 e. The van der Waals surface area contributed by atoms with E-state index < -0.39 is 6.04 Å². The number of halogens is 3. The molecule has 0 spiro atoms. The smallest absolute Gasteiger partial charge is 0.261 e. The average Bonchev–Trinajstić information content (AvgIpc) is 2.76. The van der Waals surface area contributed by atoms with Crippen LogP contribution < -0.4 is 10.1 Å². The first kappa shape index (κ1) is 28.5. The standard InChI is InChI=1S/C26H33BrCl2N2O3/c1-7-16(2)30-25(33)17(3)31(14-19-21(28)9-8-10-22(19)29)24(32)15-34-23-12-11-18(13-20(23)27)26(4,5)6/h8-13,16-17H,7,14-15H2,1-6H3,(H,30,33)/t16-,17+/m1/s1. The summed E-state index contributed by atoms with van der Waals surface area (Å²) in [5.74, 6) is -0.0510. The van der Waals surface area contributed by atoms with Gasteiger partial charge in [0.1, 0.15) is 11.8 Å². The molecule has 0 aliphatic carbocycles. The molecular weight excluding hydrogens is 539 g/mol. The lowest BCUT2D eigenvalue weighted by Crippen LogP contribution is -2.50. The maximum atomic E-state index is 13.3. The number of nitrogens with zero attached hydrogens (tertiary/aromatic N) is 1. The van der Waals surface area contributed by atoms with Gasteiger partial charge in [-0.2, -0.15) is 0 Å². The number of nitrogens with one attached hydrogen (secondary N) is 1. The predicted octanol–water partition coefficient (Wildman–Crippen LogP) is 6.76. The van der Waals surface area contributed by atoms with Gasteiger partial charge in [0.15, 0.2) is 6.61 Å². The third kappa shape index (κ3) is 7.62. The van der Waals surface area contributed by atoms with Gasteiger partial charge in [-0.3, -0.25) is 9.59 Å². The molecule has 2 aromatic rings. The van der Waals surface area contributed by atoms with E-state index in [1.807, 2.05) is 32.0 Å². The lowest BCUT2D eigenvalue weighted by molar-refractivity contribution is -0.142. The number of rotatable bonds is 9. The molecule has 1 N–H and O–H groups in total. The Labute approximate surface area is 221 Å². The Morgan fingerprint density at radius 2 is 1.74 bits per heavy atom. The molecule has 2 atom stereocenters. The molecule has 2 aromatic carbocycles. The fourth-order valence-corrected chi connectivity index (χ4v) is 4.22. The van der Waals surface area contributed by atoms with E-state index in [4.69, 9.17) is 27.9 Å². The second kappa shape index (κ2) is 12.3. The Bertz CT molecular complexity index is 1000. The van der Waals surface area contributed by atoms with Crippen LogP contribution in [0.25, 0.3) is 0 Å². The molecule has 0 saturated heterocycles. The summed E-state index contributed by atoms with van der Waals surface area (Å²) in [7, 11) is 0. The monoisotopic (exact) mass is 570 g/mol. The Morgan fingerprint density at radius 3 is 2.26 bits per heavy atom. The van der Waals surface area contributed by atoms with Crippen molar-refractivity contribution in [1.82, 2.24) is 10.2 Å². The Hall–Kier alpha value is -1.76. The molecule has 0 fully saturated rings. The molecule has 0 unspecified atom stereocenters. The molecule has 8 heteroatoms. The van der Waals surface area contributed by atoms with Gasteiger partial charge in [-0.25, -0.2) is 0 Å². The summed E-state index contributed by atoms with van der Waals surface area (Å²) in [6, 6.07) is 10.2. The molecule has 2 rings (SSSR count). The van der Waals surface area contributed by atoms with E-state index in [1.54, 1.807) is 25.1 Å². The number of ether oxygens (including phenoxy) is 1. The van der Waals surface area contributed by atoms with Gasteiger partial charge in [-0.05, 0) is 71.4 Å². The van der Waals surface area contributed by atoms with Crippen LogP contribution in [0, 0.1) is 0 Å². The highest BCUT2D eigenvalue weighted by Gasteiger charge is 2.28. The lowest BCUT2D eigenvalue weighted by Gasteiger charge is -2.30. The molecule has 0 saturated carbocycles. The van der Waals surface area contributed by atoms with E-state index in [1.165, 1.54) is 4.90 Å². The van der Waals surface area contributed by atoms with Crippen LogP contribution in [0.2, 0.25) is 10.0 Å². The van der Waals surface area contributed by atoms with Crippen molar-refractivity contribution in [2.24, 2.45) is 0 Å². The first-order chi connectivity index (χ1) is 15.8. The van der Waals surface area contributed by atoms with Crippen molar-refractivity contribution in [1.29, 1.82) is 0 Å². The molecule has 0 aliphatic heterocycles. The van der Waals surface area contributed by atoms with Crippen molar-refractivity contribution in [2.45, 2.75) is 72.0 Å². The van der Waals surface area contributed by atoms with Gasteiger partial charge in [0.2, 0.25) is 5.91 Å². The maximum absolute atomic E-state index is 13.3. The summed E-state index contributed by atoms with van der Waals surface area (Å²) in [5, 5.41) is 3.80. The van der Waals surface area contributed by atoms with Crippen LogP contribution >= 0.6 is 39.1 Å². The molecule has 0 bridgehead atoms. The van der Waals surface area contributed by atoms with Crippen molar-refractivity contribution >= 4 is 50.9 Å². The summed E-state index contributed by atoms with van der Waals surface area (Å²) < 4.78 is 6.60. The van der Waals surface area contributed by atoms with Gasteiger partial charge >= 0.3 is 0 Å². The van der Waals surface area contributed by atoms with E-state index in [9.17, 15) is 9.59 Å². The van der Waals surface area contributed by atoms with Crippen LogP contribution in [-0.4, -0.2) is 35.4 Å². The second-order valence-electron chi connectivity index (χ2n) is 9.40. The summed E-state index contributed by atoms with van der Waals surface area (Å²) >= 11 is 16.2. The van der Waals surface area contributed by atoms with Crippen molar-refractivity contribution < 1.29 is 14.3 Å². The fourth-order valence-electron chi connectivity index (χ4n) is 3.21. The number of amides is 2. The molecule has 0 radical (unpaired) electrons. The normalized spacial score (nSPS) is 13.2. The number of hydrogen-bond donors (Lipinski definition) is 1. The van der Waals surface area contributed by atoms with E-state index in [2.05, 4.69) is 42.0 Å². The Kier molecular flexibility index (Phi) is 10.3. The van der Waals surface area contributed by atoms with Crippen molar-refractivity contribution in [2.75, 3.05) is 6.61 Å². The first-order valence-corrected chi connectivity index (χ1v) is 12.9. The van der Waals surface area contributed by atoms with Gasteiger partial charge in [-0.15, -0.1) is 0 Å². The van der Waals surface area contributed by atoms with Crippen molar-refractivity contribution in [3.8, 4) is 5.75 Å². The van der Waals surface area contributed by atoms with Crippen LogP contribution in [0.1, 0.15) is 59.1 Å². The molecule has 34 heavy (non-hydrogen) atoms. The number of carbonyl (C=O) groups excluding carboxylic acids is 2. The fraction of sp³-hybridized carbons (Fsp3) is 0.462. The maximum Gasteiger partial charge on any atom is 0.261 e. The molecule has 0 aliphatic rings. The molecular formula is C26H33BrCl2N2O3. The molecule has 186 valence electrons. The van der Waals surface area contributed by atoms with E-state index in [0.29, 0.717) is 21.4 Å². The zero-order chi connectivity index (χ0) is 25.6. The minimum atomic E-state index is -0.746. The third-order valence-corrected chi connectivity index (χ3v) is 7.04. The van der Waals surface area contributed by atoms with Crippen LogP contribution in [0.4, 0.5) is 0 Å². The summed E-state index contributed by atoms with van der Waals surface area (Å²) in [6.07, 6.45) is 0.782. The third-order valence-electron chi connectivity index (χ3n) is 5.71. The van der Waals surface area contributed by atoms with Gasteiger partial charge in [0.25, 0.3) is 5.91 Å². The summed E-state index contributed by atoms with van der Waals surface area (Å²) in [4.78, 5) is 27.6. The topological polar surface area (TPSA) is 58.6 Å². The summed E-state index contributed by atoms with van der Waals surface area (Å²) in [6.45, 7) is 11.8. The largest absolute Gasteiger partial charge is 0.483 e. The zero-order valence-corrected chi connectivity index (χ0v) is 23.6. The van der Waals surface area contributed by atoms with Crippen LogP contribution in [0.3, 0.4) is 0 Å². The highest BCUT2D eigenvalue weighted by atomic mass is 79.9. The predicted molar refractivity (Wildman–Crippen MR) is 143 cm³/mol. The van der Waals surface area contributed by atoms with Crippen molar-refractivity contribution in [3.63, 3.8) is 0 Å². The van der Waals surface area contributed by atoms with E-state index >= 15 is 0 Å². The first-order valence-electron chi connectivity index (χ1n) is 11.3. The number of carbonyl (C=O) groups is 2. The highest BCUT2D eigenvalue weighted by molar-refractivity contribution is 9.10. The second-order valence-corrected chi connectivity index (χ2v) is 11.1. The van der Waals surface area contributed by atoms with Crippen molar-refractivity contribution in [3.05, 3.63) is 62.0 Å². The lowest BCUT2D eigenvalue weighted by atomic mass is 9.87. The van der Waals surface area contributed by atoms with Gasteiger partial charge in [-0.1, -0.05) is 63.0 Å². The Balaban J connectivity index is 2.25. The van der Waals surface area contributed by atoms with Gasteiger partial charge < -0.3 is 15.0 Å². The number of benzene rings is 2.